The molecule has 0 N–H and O–H groups in total. The first-order valence-corrected chi connectivity index (χ1v) is 13.3. The average Bonchev–Trinajstić information content (AvgIpc) is 2.58. The van der Waals surface area contributed by atoms with Gasteiger partial charge in [0.05, 0.1) is 0 Å². The zero-order valence-electron chi connectivity index (χ0n) is 16.9. The van der Waals surface area contributed by atoms with E-state index in [2.05, 4.69) is 20.8 Å². The van der Waals surface area contributed by atoms with E-state index in [1.54, 1.807) is 0 Å². The lowest BCUT2D eigenvalue weighted by Crippen LogP contribution is -2.35. The van der Waals surface area contributed by atoms with Crippen molar-refractivity contribution in [2.45, 2.75) is 129 Å². The van der Waals surface area contributed by atoms with Crippen LogP contribution in [0.4, 0.5) is 0 Å². The summed E-state index contributed by atoms with van der Waals surface area (Å²) in [7, 11) is 0.604. The minimum absolute atomic E-state index is 1.31. The molecule has 0 fully saturated rings. The average molecular weight is 343 g/mol. The highest BCUT2D eigenvalue weighted by Gasteiger charge is 2.30. The second kappa shape index (κ2) is 17.0. The van der Waals surface area contributed by atoms with Crippen LogP contribution in [-0.2, 0) is 4.43 Å². The number of unbranched alkanes of at least 4 members (excludes halogenated alkanes) is 12. The summed E-state index contributed by atoms with van der Waals surface area (Å²) in [6.45, 7) is 6.96. The zero-order valence-corrected chi connectivity index (χ0v) is 17.9. The predicted octanol–water partition coefficient (Wildman–Crippen LogP) is 8.10. The van der Waals surface area contributed by atoms with Gasteiger partial charge in [-0.3, -0.25) is 0 Å². The maximum absolute atomic E-state index is 6.11. The van der Waals surface area contributed by atoms with E-state index in [0.717, 1.165) is 0 Å². The molecule has 0 aliphatic rings. The molecule has 23 heavy (non-hydrogen) atoms. The van der Waals surface area contributed by atoms with E-state index in [9.17, 15) is 0 Å². The van der Waals surface area contributed by atoms with Gasteiger partial charge in [-0.1, -0.05) is 111 Å². The Morgan fingerprint density at radius 3 is 1.17 bits per heavy atom. The summed E-state index contributed by atoms with van der Waals surface area (Å²) in [5.41, 5.74) is 0. The van der Waals surface area contributed by atoms with Gasteiger partial charge in [0.25, 0.3) is 0 Å². The van der Waals surface area contributed by atoms with Crippen LogP contribution >= 0.6 is 0 Å². The highest BCUT2D eigenvalue weighted by atomic mass is 28.4. The van der Waals surface area contributed by atoms with Gasteiger partial charge in [0.15, 0.2) is 8.32 Å². The first-order valence-electron chi connectivity index (χ1n) is 10.8. The molecule has 0 aromatic carbocycles. The molecule has 1 unspecified atom stereocenters. The third-order valence-electron chi connectivity index (χ3n) is 5.55. The van der Waals surface area contributed by atoms with Crippen molar-refractivity contribution >= 4 is 8.32 Å². The van der Waals surface area contributed by atoms with E-state index < -0.39 is 8.32 Å². The smallest absolute Gasteiger partial charge is 0.192 e. The minimum atomic E-state index is -1.39. The normalized spacial score (nSPS) is 14.1. The van der Waals surface area contributed by atoms with Crippen LogP contribution in [0.5, 0.6) is 0 Å². The molecule has 0 aliphatic heterocycles. The monoisotopic (exact) mass is 342 g/mol. The Bertz CT molecular complexity index is 226. The van der Waals surface area contributed by atoms with Crippen LogP contribution in [0.3, 0.4) is 0 Å². The van der Waals surface area contributed by atoms with Gasteiger partial charge >= 0.3 is 0 Å². The summed E-state index contributed by atoms with van der Waals surface area (Å²) >= 11 is 0. The van der Waals surface area contributed by atoms with Gasteiger partial charge in [0.2, 0.25) is 0 Å². The molecule has 0 aromatic heterocycles. The third kappa shape index (κ3) is 13.2. The molecule has 0 saturated heterocycles. The van der Waals surface area contributed by atoms with Gasteiger partial charge in [-0.05, 0) is 18.1 Å². The molecule has 0 rings (SSSR count). The Morgan fingerprint density at radius 2 is 0.870 bits per heavy atom. The van der Waals surface area contributed by atoms with Crippen molar-refractivity contribution in [1.82, 2.24) is 0 Å². The van der Waals surface area contributed by atoms with E-state index in [1.165, 1.54) is 108 Å². The highest BCUT2D eigenvalue weighted by Crippen LogP contribution is 2.27. The molecule has 1 atom stereocenters. The van der Waals surface area contributed by atoms with Crippen molar-refractivity contribution in [2.24, 2.45) is 0 Å². The Labute approximate surface area is 149 Å². The maximum Gasteiger partial charge on any atom is 0.192 e. The van der Waals surface area contributed by atoms with Crippen LogP contribution in [0, 0.1) is 0 Å². The van der Waals surface area contributed by atoms with Crippen LogP contribution in [0.2, 0.25) is 18.1 Å². The van der Waals surface area contributed by atoms with E-state index in [1.807, 2.05) is 7.11 Å². The fraction of sp³-hybridized carbons (Fsp3) is 1.00. The summed E-state index contributed by atoms with van der Waals surface area (Å²) in [4.78, 5) is 0. The zero-order chi connectivity index (χ0) is 17.2. The lowest BCUT2D eigenvalue weighted by Gasteiger charge is -2.29. The van der Waals surface area contributed by atoms with E-state index in [0.29, 0.717) is 0 Å². The van der Waals surface area contributed by atoms with Gasteiger partial charge in [0.1, 0.15) is 0 Å². The fourth-order valence-electron chi connectivity index (χ4n) is 3.64. The first-order chi connectivity index (χ1) is 11.2. The van der Waals surface area contributed by atoms with Crippen molar-refractivity contribution in [3.63, 3.8) is 0 Å². The fourth-order valence-corrected chi connectivity index (χ4v) is 7.08. The second-order valence-electron chi connectivity index (χ2n) is 7.48. The molecule has 0 saturated carbocycles. The van der Waals surface area contributed by atoms with Crippen LogP contribution in [0.15, 0.2) is 0 Å². The molecule has 1 nitrogen and oxygen atoms in total. The summed E-state index contributed by atoms with van der Waals surface area (Å²) in [5.74, 6) is 0. The molecule has 0 radical (unpaired) electrons. The molecule has 0 amide bonds. The quantitative estimate of drug-likeness (QED) is 0.180. The molecular weight excluding hydrogens is 296 g/mol. The number of rotatable bonds is 18. The van der Waals surface area contributed by atoms with Gasteiger partial charge in [-0.15, -0.1) is 0 Å². The molecule has 2 heteroatoms. The summed E-state index contributed by atoms with van der Waals surface area (Å²) in [6, 6.07) is 4.13. The van der Waals surface area contributed by atoms with E-state index in [-0.39, 0.29) is 0 Å². The standard InChI is InChI=1S/C21H46OSi/c1-5-8-10-12-14-15-17-19-21-23(7-3,22-4)20-18-16-13-11-9-6-2/h5-21H2,1-4H3. The molecule has 0 bridgehead atoms. The largest absolute Gasteiger partial charge is 0.420 e. The van der Waals surface area contributed by atoms with Crippen molar-refractivity contribution in [2.75, 3.05) is 7.11 Å². The lowest BCUT2D eigenvalue weighted by atomic mass is 10.1. The van der Waals surface area contributed by atoms with Crippen LogP contribution in [-0.4, -0.2) is 15.4 Å². The van der Waals surface area contributed by atoms with Gasteiger partial charge in [0, 0.05) is 7.11 Å². The molecule has 0 spiro atoms. The van der Waals surface area contributed by atoms with Crippen LogP contribution < -0.4 is 0 Å². The summed E-state index contributed by atoms with van der Waals surface area (Å²) in [6.07, 6.45) is 19.9. The van der Waals surface area contributed by atoms with E-state index >= 15 is 0 Å². The number of hydrogen-bond donors (Lipinski definition) is 0. The second-order valence-corrected chi connectivity index (χ2v) is 12.0. The van der Waals surface area contributed by atoms with Crippen molar-refractivity contribution in [3.8, 4) is 0 Å². The first kappa shape index (κ1) is 23.2. The van der Waals surface area contributed by atoms with Crippen LogP contribution in [0.1, 0.15) is 111 Å². The van der Waals surface area contributed by atoms with Crippen molar-refractivity contribution < 1.29 is 4.43 Å². The Morgan fingerprint density at radius 1 is 0.522 bits per heavy atom. The summed E-state index contributed by atoms with van der Waals surface area (Å²) < 4.78 is 6.11. The molecule has 140 valence electrons. The SMILES string of the molecule is CCCCCCCCCC[Si](CC)(CCCCCCCC)OC. The Hall–Kier alpha value is 0.177. The Balaban J connectivity index is 3.73. The maximum atomic E-state index is 6.11. The van der Waals surface area contributed by atoms with Crippen molar-refractivity contribution in [1.29, 1.82) is 0 Å². The highest BCUT2D eigenvalue weighted by molar-refractivity contribution is 6.73. The Kier molecular flexibility index (Phi) is 17.1. The minimum Gasteiger partial charge on any atom is -0.420 e. The lowest BCUT2D eigenvalue weighted by molar-refractivity contribution is 0.384. The van der Waals surface area contributed by atoms with E-state index in [4.69, 9.17) is 4.43 Å². The third-order valence-corrected chi connectivity index (χ3v) is 10.2. The number of hydrogen-bond acceptors (Lipinski definition) is 1. The van der Waals surface area contributed by atoms with Gasteiger partial charge < -0.3 is 4.43 Å². The molecule has 0 heterocycles. The summed E-state index contributed by atoms with van der Waals surface area (Å²) in [5, 5.41) is 0. The molecular formula is C21H46OSi. The molecule has 0 aliphatic carbocycles. The van der Waals surface area contributed by atoms with Crippen molar-refractivity contribution in [3.05, 3.63) is 0 Å². The predicted molar refractivity (Wildman–Crippen MR) is 109 cm³/mol. The van der Waals surface area contributed by atoms with Gasteiger partial charge in [-0.2, -0.15) is 0 Å². The molecule has 0 aromatic rings. The van der Waals surface area contributed by atoms with Crippen LogP contribution in [0.25, 0.3) is 0 Å². The van der Waals surface area contributed by atoms with Gasteiger partial charge in [-0.25, -0.2) is 0 Å². The topological polar surface area (TPSA) is 9.23 Å².